The van der Waals surface area contributed by atoms with Gasteiger partial charge in [0.05, 0.1) is 40.3 Å². The highest BCUT2D eigenvalue weighted by Crippen LogP contribution is 2.19. The van der Waals surface area contributed by atoms with Crippen LogP contribution < -0.4 is 5.11 Å². The molecule has 80 heavy (non-hydrogen) atoms. The fourth-order valence-corrected chi connectivity index (χ4v) is 10.4. The number of hydrogen-bond donors (Lipinski definition) is 0. The molecule has 0 aliphatic rings. The van der Waals surface area contributed by atoms with E-state index in [1.54, 1.807) is 0 Å². The summed E-state index contributed by atoms with van der Waals surface area (Å²) in [6.45, 7) is 4.68. The third kappa shape index (κ3) is 63.1. The largest absolute Gasteiger partial charge is 0.545 e. The predicted octanol–water partition coefficient (Wildman–Crippen LogP) is 19.9. The van der Waals surface area contributed by atoms with Gasteiger partial charge in [0.1, 0.15) is 13.2 Å². The van der Waals surface area contributed by atoms with Gasteiger partial charge in [0.2, 0.25) is 0 Å². The molecule has 0 saturated carbocycles. The van der Waals surface area contributed by atoms with Gasteiger partial charge >= 0.3 is 11.9 Å². The maximum absolute atomic E-state index is 12.9. The molecule has 0 heterocycles. The van der Waals surface area contributed by atoms with Crippen molar-refractivity contribution in [3.05, 3.63) is 36.5 Å². The Bertz CT molecular complexity index is 1410. The van der Waals surface area contributed by atoms with Crippen LogP contribution >= 0.6 is 0 Å². The number of carbonyl (C=O) groups is 3. The second-order valence-electron chi connectivity index (χ2n) is 24.8. The number of carbonyl (C=O) groups excluding carboxylic acids is 3. The van der Waals surface area contributed by atoms with E-state index in [4.69, 9.17) is 18.9 Å². The highest BCUT2D eigenvalue weighted by Gasteiger charge is 2.22. The highest BCUT2D eigenvalue weighted by molar-refractivity contribution is 5.70. The molecule has 0 N–H and O–H groups in total. The van der Waals surface area contributed by atoms with Crippen molar-refractivity contribution < 1.29 is 42.9 Å². The van der Waals surface area contributed by atoms with Crippen molar-refractivity contribution in [1.29, 1.82) is 0 Å². The summed E-state index contributed by atoms with van der Waals surface area (Å²) < 4.78 is 22.7. The SMILES string of the molecule is CC/C=C\C/C=C\C/C=C\CCCCCCCCCC(=O)OC(COC(=O)CCCCCCCCCCCCCCCCCCCCCCCCCCCCCCCCCCCCCCCC)COC(OCC[N+](C)(C)C)C(=O)[O-]. The van der Waals surface area contributed by atoms with Gasteiger partial charge in [-0.15, -0.1) is 0 Å². The van der Waals surface area contributed by atoms with Crippen LogP contribution in [0.25, 0.3) is 0 Å². The molecule has 0 aliphatic heterocycles. The average molecular weight is 1130 g/mol. The number of ether oxygens (including phenoxy) is 4. The number of nitrogens with zero attached hydrogens (tertiary/aromatic N) is 1. The molecule has 9 nitrogen and oxygen atoms in total. The van der Waals surface area contributed by atoms with Crippen LogP contribution in [0, 0.1) is 0 Å². The molecule has 0 bridgehead atoms. The lowest BCUT2D eigenvalue weighted by Gasteiger charge is -2.26. The number of rotatable bonds is 65. The van der Waals surface area contributed by atoms with Crippen molar-refractivity contribution in [3.63, 3.8) is 0 Å². The zero-order valence-electron chi connectivity index (χ0n) is 53.7. The van der Waals surface area contributed by atoms with Crippen LogP contribution in [0.5, 0.6) is 0 Å². The number of unbranched alkanes of at least 4 members (excludes halogenated alkanes) is 44. The molecule has 0 radical (unpaired) electrons. The van der Waals surface area contributed by atoms with Crippen molar-refractivity contribution in [2.45, 2.75) is 354 Å². The van der Waals surface area contributed by atoms with Crippen LogP contribution in [-0.4, -0.2) is 82.3 Å². The van der Waals surface area contributed by atoms with E-state index >= 15 is 0 Å². The van der Waals surface area contributed by atoms with Crippen molar-refractivity contribution in [2.75, 3.05) is 47.5 Å². The summed E-state index contributed by atoms with van der Waals surface area (Å²) in [6.07, 6.45) is 75.4. The molecule has 0 saturated heterocycles. The average Bonchev–Trinajstić information content (AvgIpc) is 3.43. The number of quaternary nitrogens is 1. The third-order valence-electron chi connectivity index (χ3n) is 15.7. The molecule has 0 rings (SSSR count). The summed E-state index contributed by atoms with van der Waals surface area (Å²) in [6, 6.07) is 0. The monoisotopic (exact) mass is 1130 g/mol. The van der Waals surface area contributed by atoms with Gasteiger partial charge in [0.15, 0.2) is 12.4 Å². The Morgan fingerprint density at radius 3 is 1.06 bits per heavy atom. The summed E-state index contributed by atoms with van der Waals surface area (Å²) in [4.78, 5) is 37.4. The van der Waals surface area contributed by atoms with Crippen LogP contribution in [0.4, 0.5) is 0 Å². The van der Waals surface area contributed by atoms with Crippen LogP contribution in [0.3, 0.4) is 0 Å². The lowest BCUT2D eigenvalue weighted by Crippen LogP contribution is -2.44. The van der Waals surface area contributed by atoms with E-state index < -0.39 is 24.3 Å². The summed E-state index contributed by atoms with van der Waals surface area (Å²) >= 11 is 0. The molecule has 9 heteroatoms. The minimum Gasteiger partial charge on any atom is -0.545 e. The maximum atomic E-state index is 12.9. The molecule has 0 spiro atoms. The Labute approximate surface area is 496 Å². The standard InChI is InChI=1S/C71H133NO8/c1-6-8-10-12-14-16-18-20-22-24-25-26-27-28-29-30-31-32-33-34-35-36-37-38-39-40-41-42-43-44-46-47-49-51-53-55-57-59-61-68(73)78-65-67(66-79-71(70(75)76)77-64-63-72(3,4)5)80-69(74)62-60-58-56-54-52-50-48-45-23-21-19-17-15-13-11-9-7-2/h9,11,15,17,21,23,67,71H,6-8,10,12-14,16,18-20,22,24-66H2,1-5H3/b11-9-,17-15-,23-21-. The van der Waals surface area contributed by atoms with E-state index in [2.05, 4.69) is 50.3 Å². The normalized spacial score (nSPS) is 12.9. The number of aliphatic carboxylic acids is 1. The highest BCUT2D eigenvalue weighted by atomic mass is 16.7. The van der Waals surface area contributed by atoms with Crippen molar-refractivity contribution in [3.8, 4) is 0 Å². The Balaban J connectivity index is 3.93. The second kappa shape index (κ2) is 62.6. The van der Waals surface area contributed by atoms with E-state index in [0.717, 1.165) is 64.2 Å². The summed E-state index contributed by atoms with van der Waals surface area (Å²) in [5, 5.41) is 11.8. The van der Waals surface area contributed by atoms with E-state index in [1.165, 1.54) is 244 Å². The van der Waals surface area contributed by atoms with E-state index in [1.807, 2.05) is 21.1 Å². The minimum atomic E-state index is -1.62. The Kier molecular flexibility index (Phi) is 60.6. The number of likely N-dealkylation sites (N-methyl/N-ethyl adjacent to an activating group) is 1. The van der Waals surface area contributed by atoms with Crippen LogP contribution in [0.15, 0.2) is 36.5 Å². The van der Waals surface area contributed by atoms with Crippen LogP contribution in [-0.2, 0) is 33.3 Å². The molecule has 0 aromatic carbocycles. The first kappa shape index (κ1) is 77.5. The maximum Gasteiger partial charge on any atom is 0.306 e. The smallest absolute Gasteiger partial charge is 0.306 e. The molecule has 0 aliphatic carbocycles. The Hall–Kier alpha value is -2.49. The molecule has 470 valence electrons. The Morgan fingerprint density at radius 2 is 0.713 bits per heavy atom. The molecule has 0 aromatic heterocycles. The summed E-state index contributed by atoms with van der Waals surface area (Å²) in [5.41, 5.74) is 0. The minimum absolute atomic E-state index is 0.147. The first-order chi connectivity index (χ1) is 39.1. The summed E-state index contributed by atoms with van der Waals surface area (Å²) in [5.74, 6) is -2.28. The molecule has 0 fully saturated rings. The first-order valence-corrected chi connectivity index (χ1v) is 34.6. The molecule has 2 unspecified atom stereocenters. The fraction of sp³-hybridized carbons (Fsp3) is 0.873. The molecular formula is C71H133NO8. The number of carboxylic acids is 1. The van der Waals surface area contributed by atoms with Gasteiger partial charge in [-0.05, 0) is 44.9 Å². The van der Waals surface area contributed by atoms with E-state index in [-0.39, 0.29) is 32.2 Å². The first-order valence-electron chi connectivity index (χ1n) is 34.6. The zero-order valence-corrected chi connectivity index (χ0v) is 53.7. The second-order valence-corrected chi connectivity index (χ2v) is 24.8. The van der Waals surface area contributed by atoms with Gasteiger partial charge in [-0.25, -0.2) is 0 Å². The Morgan fingerprint density at radius 1 is 0.388 bits per heavy atom. The van der Waals surface area contributed by atoms with Gasteiger partial charge < -0.3 is 33.3 Å². The number of esters is 2. The lowest BCUT2D eigenvalue weighted by molar-refractivity contribution is -0.870. The zero-order chi connectivity index (χ0) is 58.3. The number of carboxylic acid groups (broad SMARTS) is 1. The summed E-state index contributed by atoms with van der Waals surface area (Å²) in [7, 11) is 5.93. The number of allylic oxidation sites excluding steroid dienone is 6. The molecule has 2 atom stereocenters. The van der Waals surface area contributed by atoms with Gasteiger partial charge in [-0.1, -0.05) is 320 Å². The van der Waals surface area contributed by atoms with Crippen LogP contribution in [0.1, 0.15) is 341 Å². The lowest BCUT2D eigenvalue weighted by atomic mass is 10.0. The predicted molar refractivity (Wildman–Crippen MR) is 339 cm³/mol. The van der Waals surface area contributed by atoms with Crippen molar-refractivity contribution >= 4 is 17.9 Å². The van der Waals surface area contributed by atoms with Crippen molar-refractivity contribution in [2.24, 2.45) is 0 Å². The van der Waals surface area contributed by atoms with E-state index in [9.17, 15) is 19.5 Å². The van der Waals surface area contributed by atoms with E-state index in [0.29, 0.717) is 23.9 Å². The van der Waals surface area contributed by atoms with Crippen LogP contribution in [0.2, 0.25) is 0 Å². The molecule has 0 aromatic rings. The van der Waals surface area contributed by atoms with Crippen molar-refractivity contribution in [1.82, 2.24) is 0 Å². The van der Waals surface area contributed by atoms with Gasteiger partial charge in [-0.3, -0.25) is 9.59 Å². The molecule has 0 amide bonds. The van der Waals surface area contributed by atoms with Gasteiger partial charge in [0.25, 0.3) is 0 Å². The topological polar surface area (TPSA) is 111 Å². The third-order valence-corrected chi connectivity index (χ3v) is 15.7. The van der Waals surface area contributed by atoms with Gasteiger partial charge in [0, 0.05) is 12.8 Å². The molecular weight excluding hydrogens is 995 g/mol. The number of hydrogen-bond acceptors (Lipinski definition) is 8. The van der Waals surface area contributed by atoms with Gasteiger partial charge in [-0.2, -0.15) is 0 Å². The quantitative estimate of drug-likeness (QED) is 0.0195. The fourth-order valence-electron chi connectivity index (χ4n) is 10.4.